The van der Waals surface area contributed by atoms with Crippen LogP contribution in [0.25, 0.3) is 0 Å². The number of carbonyl (C=O) groups excluding carboxylic acids is 2. The molecule has 0 heterocycles. The zero-order valence-electron chi connectivity index (χ0n) is 12.8. The van der Waals surface area contributed by atoms with Crippen LogP contribution in [0.2, 0.25) is 5.02 Å². The Kier molecular flexibility index (Phi) is 5.53. The van der Waals surface area contributed by atoms with Gasteiger partial charge in [0.05, 0.1) is 23.8 Å². The van der Waals surface area contributed by atoms with Gasteiger partial charge >= 0.3 is 6.18 Å². The fraction of sp³-hybridized carbons (Fsp3) is 0.125. The minimum atomic E-state index is -4.70. The van der Waals surface area contributed by atoms with E-state index in [0.29, 0.717) is 5.02 Å². The molecular weight excluding hydrogens is 361 g/mol. The van der Waals surface area contributed by atoms with Gasteiger partial charge in [-0.3, -0.25) is 20.4 Å². The summed E-state index contributed by atoms with van der Waals surface area (Å²) >= 11 is 5.78. The molecule has 0 aliphatic heterocycles. The maximum Gasteiger partial charge on any atom is 0.417 e. The van der Waals surface area contributed by atoms with Crippen molar-refractivity contribution in [2.24, 2.45) is 0 Å². The second-order valence-electron chi connectivity index (χ2n) is 4.80. The Balaban J connectivity index is 2.15. The van der Waals surface area contributed by atoms with Gasteiger partial charge < -0.3 is 4.74 Å². The van der Waals surface area contributed by atoms with Crippen molar-refractivity contribution in [2.75, 3.05) is 7.11 Å². The predicted octanol–water partition coefficient (Wildman–Crippen LogP) is 3.44. The fourth-order valence-electron chi connectivity index (χ4n) is 2.03. The lowest BCUT2D eigenvalue weighted by atomic mass is 10.1. The molecule has 2 aromatic carbocycles. The van der Waals surface area contributed by atoms with Crippen molar-refractivity contribution in [3.63, 3.8) is 0 Å². The van der Waals surface area contributed by atoms with E-state index in [2.05, 4.69) is 0 Å². The maximum absolute atomic E-state index is 12.9. The molecule has 25 heavy (non-hydrogen) atoms. The van der Waals surface area contributed by atoms with Crippen molar-refractivity contribution >= 4 is 23.4 Å². The second kappa shape index (κ2) is 7.43. The molecule has 0 aliphatic rings. The molecule has 0 bridgehead atoms. The molecule has 2 N–H and O–H groups in total. The highest BCUT2D eigenvalue weighted by Crippen LogP contribution is 2.31. The molecule has 0 spiro atoms. The van der Waals surface area contributed by atoms with E-state index in [4.69, 9.17) is 16.3 Å². The predicted molar refractivity (Wildman–Crippen MR) is 84.4 cm³/mol. The minimum absolute atomic E-state index is 0.0521. The number of hydrogen-bond acceptors (Lipinski definition) is 3. The molecule has 0 aromatic heterocycles. The fourth-order valence-corrected chi connectivity index (χ4v) is 2.19. The lowest BCUT2D eigenvalue weighted by Crippen LogP contribution is -2.42. The highest BCUT2D eigenvalue weighted by Gasteiger charge is 2.34. The molecule has 5 nitrogen and oxygen atoms in total. The standard InChI is InChI=1S/C16H12ClF3N2O3/c1-25-13-8-9(17)6-7-11(13)15(24)22-21-14(23)10-4-2-3-5-12(10)16(18,19)20/h2-8H,1H3,(H,21,23)(H,22,24). The van der Waals surface area contributed by atoms with E-state index in [1.165, 1.54) is 31.4 Å². The monoisotopic (exact) mass is 372 g/mol. The highest BCUT2D eigenvalue weighted by atomic mass is 35.5. The molecule has 0 saturated carbocycles. The summed E-state index contributed by atoms with van der Waals surface area (Å²) in [5.74, 6) is -1.73. The zero-order valence-corrected chi connectivity index (χ0v) is 13.5. The number of rotatable bonds is 3. The van der Waals surface area contributed by atoms with E-state index in [1.54, 1.807) is 0 Å². The van der Waals surface area contributed by atoms with Gasteiger partial charge in [-0.25, -0.2) is 0 Å². The third-order valence-corrected chi connectivity index (χ3v) is 3.41. The minimum Gasteiger partial charge on any atom is -0.496 e. The van der Waals surface area contributed by atoms with Crippen molar-refractivity contribution in [3.8, 4) is 5.75 Å². The van der Waals surface area contributed by atoms with Crippen molar-refractivity contribution in [2.45, 2.75) is 6.18 Å². The number of amides is 2. The van der Waals surface area contributed by atoms with E-state index >= 15 is 0 Å². The summed E-state index contributed by atoms with van der Waals surface area (Å²) in [6.07, 6.45) is -4.70. The van der Waals surface area contributed by atoms with Crippen LogP contribution >= 0.6 is 11.6 Å². The molecule has 0 radical (unpaired) electrons. The summed E-state index contributed by atoms with van der Waals surface area (Å²) in [7, 11) is 1.32. The lowest BCUT2D eigenvalue weighted by molar-refractivity contribution is -0.137. The molecule has 0 saturated heterocycles. The molecule has 2 aromatic rings. The first-order chi connectivity index (χ1) is 11.7. The SMILES string of the molecule is COc1cc(Cl)ccc1C(=O)NNC(=O)c1ccccc1C(F)(F)F. The van der Waals surface area contributed by atoms with Gasteiger partial charge in [-0.2, -0.15) is 13.2 Å². The molecule has 132 valence electrons. The van der Waals surface area contributed by atoms with E-state index < -0.39 is 29.1 Å². The first kappa shape index (κ1) is 18.6. The summed E-state index contributed by atoms with van der Waals surface area (Å²) < 4.78 is 43.7. The third kappa shape index (κ3) is 4.42. The van der Waals surface area contributed by atoms with Gasteiger partial charge in [-0.05, 0) is 30.3 Å². The number of alkyl halides is 3. The summed E-state index contributed by atoms with van der Waals surface area (Å²) in [6, 6.07) is 8.40. The van der Waals surface area contributed by atoms with Crippen LogP contribution in [-0.2, 0) is 6.18 Å². The number of halogens is 4. The number of carbonyl (C=O) groups is 2. The van der Waals surface area contributed by atoms with Gasteiger partial charge in [0.1, 0.15) is 5.75 Å². The van der Waals surface area contributed by atoms with E-state index in [0.717, 1.165) is 18.2 Å². The number of benzene rings is 2. The lowest BCUT2D eigenvalue weighted by Gasteiger charge is -2.14. The third-order valence-electron chi connectivity index (χ3n) is 3.17. The Morgan fingerprint density at radius 2 is 1.60 bits per heavy atom. The highest BCUT2D eigenvalue weighted by molar-refractivity contribution is 6.30. The van der Waals surface area contributed by atoms with E-state index in [-0.39, 0.29) is 11.3 Å². The maximum atomic E-state index is 12.9. The topological polar surface area (TPSA) is 67.4 Å². The first-order valence-corrected chi connectivity index (χ1v) is 7.22. The van der Waals surface area contributed by atoms with Crippen LogP contribution < -0.4 is 15.6 Å². The quantitative estimate of drug-likeness (QED) is 0.811. The first-order valence-electron chi connectivity index (χ1n) is 6.84. The van der Waals surface area contributed by atoms with Gasteiger partial charge in [0.25, 0.3) is 11.8 Å². The number of hydrogen-bond donors (Lipinski definition) is 2. The second-order valence-corrected chi connectivity index (χ2v) is 5.23. The zero-order chi connectivity index (χ0) is 18.6. The molecular formula is C16H12ClF3N2O3. The van der Waals surface area contributed by atoms with Crippen LogP contribution in [0.4, 0.5) is 13.2 Å². The molecule has 2 amide bonds. The molecule has 2 rings (SSSR count). The van der Waals surface area contributed by atoms with Crippen LogP contribution in [0.1, 0.15) is 26.3 Å². The molecule has 9 heteroatoms. The Hall–Kier alpha value is -2.74. The van der Waals surface area contributed by atoms with Gasteiger partial charge in [-0.15, -0.1) is 0 Å². The van der Waals surface area contributed by atoms with Crippen LogP contribution in [0.3, 0.4) is 0 Å². The van der Waals surface area contributed by atoms with Gasteiger partial charge in [0.2, 0.25) is 0 Å². The summed E-state index contributed by atoms with van der Waals surface area (Å²) in [6.45, 7) is 0. The Bertz CT molecular complexity index is 809. The van der Waals surface area contributed by atoms with Crippen LogP contribution in [0.15, 0.2) is 42.5 Å². The van der Waals surface area contributed by atoms with E-state index in [1.807, 2.05) is 10.9 Å². The number of hydrazine groups is 1. The Morgan fingerprint density at radius 1 is 1.00 bits per heavy atom. The number of methoxy groups -OCH3 is 1. The van der Waals surface area contributed by atoms with Crippen molar-refractivity contribution < 1.29 is 27.5 Å². The summed E-state index contributed by atoms with van der Waals surface area (Å²) in [5.41, 5.74) is 2.32. The average molecular weight is 373 g/mol. The van der Waals surface area contributed by atoms with E-state index in [9.17, 15) is 22.8 Å². The van der Waals surface area contributed by atoms with Crippen molar-refractivity contribution in [3.05, 3.63) is 64.2 Å². The molecule has 0 atom stereocenters. The van der Waals surface area contributed by atoms with Gasteiger partial charge in [-0.1, -0.05) is 23.7 Å². The molecule has 0 unspecified atom stereocenters. The smallest absolute Gasteiger partial charge is 0.417 e. The normalized spacial score (nSPS) is 10.9. The van der Waals surface area contributed by atoms with Crippen molar-refractivity contribution in [1.29, 1.82) is 0 Å². The largest absolute Gasteiger partial charge is 0.496 e. The summed E-state index contributed by atoms with van der Waals surface area (Å²) in [4.78, 5) is 24.1. The molecule has 0 fully saturated rings. The number of nitrogens with one attached hydrogen (secondary N) is 2. The van der Waals surface area contributed by atoms with Crippen LogP contribution in [0, 0.1) is 0 Å². The van der Waals surface area contributed by atoms with Gasteiger partial charge in [0, 0.05) is 5.02 Å². The summed E-state index contributed by atoms with van der Waals surface area (Å²) in [5, 5.41) is 0.330. The average Bonchev–Trinajstić information content (AvgIpc) is 2.58. The Labute approximate surface area is 145 Å². The van der Waals surface area contributed by atoms with Gasteiger partial charge in [0.15, 0.2) is 0 Å². The van der Waals surface area contributed by atoms with Crippen molar-refractivity contribution in [1.82, 2.24) is 10.9 Å². The number of ether oxygens (including phenoxy) is 1. The van der Waals surface area contributed by atoms with Crippen LogP contribution in [0.5, 0.6) is 5.75 Å². The molecule has 0 aliphatic carbocycles. The van der Waals surface area contributed by atoms with Crippen LogP contribution in [-0.4, -0.2) is 18.9 Å². The Morgan fingerprint density at radius 3 is 2.20 bits per heavy atom.